The number of hydrogen-bond acceptors (Lipinski definition) is 6. The summed E-state index contributed by atoms with van der Waals surface area (Å²) < 4.78 is 6.86. The third kappa shape index (κ3) is 4.96. The Morgan fingerprint density at radius 3 is 2.83 bits per heavy atom. The molecular weight excluding hydrogens is 402 g/mol. The summed E-state index contributed by atoms with van der Waals surface area (Å²) in [5.41, 5.74) is 2.67. The lowest BCUT2D eigenvalue weighted by atomic mass is 10.2. The summed E-state index contributed by atoms with van der Waals surface area (Å²) >= 11 is 3.13. The summed E-state index contributed by atoms with van der Waals surface area (Å²) in [6, 6.07) is 17.6. The van der Waals surface area contributed by atoms with Gasteiger partial charge in [0.15, 0.2) is 5.13 Å². The summed E-state index contributed by atoms with van der Waals surface area (Å²) in [6.45, 7) is 1.32. The van der Waals surface area contributed by atoms with E-state index < -0.39 is 0 Å². The Labute approximate surface area is 178 Å². The Kier molecular flexibility index (Phi) is 6.45. The van der Waals surface area contributed by atoms with Gasteiger partial charge < -0.3 is 4.74 Å². The van der Waals surface area contributed by atoms with Gasteiger partial charge in [0, 0.05) is 12.4 Å². The minimum absolute atomic E-state index is 0.0539. The Morgan fingerprint density at radius 1 is 1.28 bits per heavy atom. The van der Waals surface area contributed by atoms with Gasteiger partial charge in [0.05, 0.1) is 40.3 Å². The third-order valence-electron chi connectivity index (χ3n) is 4.80. The number of thiazole rings is 1. The predicted molar refractivity (Wildman–Crippen MR) is 118 cm³/mol. The molecule has 4 rings (SSSR count). The molecule has 2 heterocycles. The smallest absolute Gasteiger partial charge is 0.238 e. The van der Waals surface area contributed by atoms with Crippen LogP contribution in [0.15, 0.2) is 48.5 Å². The van der Waals surface area contributed by atoms with Crippen molar-refractivity contribution in [3.05, 3.63) is 59.7 Å². The molecule has 1 atom stereocenters. The van der Waals surface area contributed by atoms with Crippen LogP contribution in [0, 0.1) is 11.3 Å². The Morgan fingerprint density at radius 2 is 2.10 bits per heavy atom. The zero-order valence-corrected chi connectivity index (χ0v) is 17.5. The Bertz CT molecular complexity index is 987. The van der Waals surface area contributed by atoms with Crippen LogP contribution in [0.3, 0.4) is 0 Å². The first-order valence-corrected chi connectivity index (χ1v) is 11.5. The summed E-state index contributed by atoms with van der Waals surface area (Å²) in [5.74, 6) is 1.16. The molecule has 29 heavy (non-hydrogen) atoms. The van der Waals surface area contributed by atoms with Crippen LogP contribution in [-0.4, -0.2) is 35.9 Å². The summed E-state index contributed by atoms with van der Waals surface area (Å²) in [5, 5.41) is 9.64. The normalized spacial score (nSPS) is 16.0. The van der Waals surface area contributed by atoms with Gasteiger partial charge in [0.2, 0.25) is 5.91 Å². The maximum absolute atomic E-state index is 13.1. The van der Waals surface area contributed by atoms with Gasteiger partial charge in [-0.1, -0.05) is 35.6 Å². The molecular formula is C22H21N3O2S2. The zero-order valence-electron chi connectivity index (χ0n) is 15.9. The standard InChI is InChI=1S/C22H21N3O2S2/c23-12-16-7-9-17(10-8-16)14-28-15-21(26)25(13-18-4-3-11-27-18)22-24-19-5-1-2-6-20(19)29-22/h1-2,5-10,18H,3-4,11,13-15H2/t18-/m1/s1. The van der Waals surface area contributed by atoms with Gasteiger partial charge in [-0.05, 0) is 42.7 Å². The van der Waals surface area contributed by atoms with Crippen LogP contribution in [0.4, 0.5) is 5.13 Å². The van der Waals surface area contributed by atoms with E-state index in [1.54, 1.807) is 28.0 Å². The highest BCUT2D eigenvalue weighted by Gasteiger charge is 2.26. The van der Waals surface area contributed by atoms with Gasteiger partial charge in [-0.3, -0.25) is 9.69 Å². The second-order valence-electron chi connectivity index (χ2n) is 6.91. The Hall–Kier alpha value is -2.40. The monoisotopic (exact) mass is 423 g/mol. The fraction of sp³-hybridized carbons (Fsp3) is 0.318. The number of rotatable bonds is 7. The molecule has 1 aliphatic rings. The van der Waals surface area contributed by atoms with E-state index in [1.165, 1.54) is 0 Å². The van der Waals surface area contributed by atoms with Crippen molar-refractivity contribution in [2.75, 3.05) is 23.8 Å². The molecule has 7 heteroatoms. The number of nitriles is 1. The minimum Gasteiger partial charge on any atom is -0.376 e. The van der Waals surface area contributed by atoms with E-state index in [9.17, 15) is 4.79 Å². The van der Waals surface area contributed by atoms with Crippen LogP contribution < -0.4 is 4.90 Å². The zero-order chi connectivity index (χ0) is 20.1. The van der Waals surface area contributed by atoms with Gasteiger partial charge in [-0.25, -0.2) is 4.98 Å². The number of ether oxygens (including phenoxy) is 1. The number of carbonyl (C=O) groups excluding carboxylic acids is 1. The molecule has 1 fully saturated rings. The molecule has 0 aliphatic carbocycles. The van der Waals surface area contributed by atoms with Crippen LogP contribution >= 0.6 is 23.1 Å². The number of anilines is 1. The van der Waals surface area contributed by atoms with E-state index in [2.05, 4.69) is 11.1 Å². The lowest BCUT2D eigenvalue weighted by Crippen LogP contribution is -2.38. The summed E-state index contributed by atoms with van der Waals surface area (Å²) in [4.78, 5) is 19.6. The van der Waals surface area contributed by atoms with Gasteiger partial charge >= 0.3 is 0 Å². The van der Waals surface area contributed by atoms with Gasteiger partial charge in [0.1, 0.15) is 0 Å². The first-order chi connectivity index (χ1) is 14.2. The maximum atomic E-state index is 13.1. The average Bonchev–Trinajstić information content (AvgIpc) is 3.41. The average molecular weight is 424 g/mol. The maximum Gasteiger partial charge on any atom is 0.238 e. The summed E-state index contributed by atoms with van der Waals surface area (Å²) in [6.07, 6.45) is 2.10. The number of nitrogens with zero attached hydrogens (tertiary/aromatic N) is 3. The molecule has 0 radical (unpaired) electrons. The number of para-hydroxylation sites is 1. The van der Waals surface area contributed by atoms with Crippen LogP contribution in [-0.2, 0) is 15.3 Å². The molecule has 148 valence electrons. The van der Waals surface area contributed by atoms with Crippen molar-refractivity contribution in [1.82, 2.24) is 4.98 Å². The van der Waals surface area contributed by atoms with Crippen molar-refractivity contribution in [3.63, 3.8) is 0 Å². The highest BCUT2D eigenvalue weighted by Crippen LogP contribution is 2.30. The summed E-state index contributed by atoms with van der Waals surface area (Å²) in [7, 11) is 0. The molecule has 2 aromatic carbocycles. The lowest BCUT2D eigenvalue weighted by molar-refractivity contribution is -0.116. The van der Waals surface area contributed by atoms with Gasteiger partial charge in [0.25, 0.3) is 0 Å². The molecule has 0 bridgehead atoms. The van der Waals surface area contributed by atoms with E-state index in [0.717, 1.165) is 46.1 Å². The minimum atomic E-state index is 0.0539. The molecule has 0 saturated carbocycles. The van der Waals surface area contributed by atoms with Crippen molar-refractivity contribution in [2.24, 2.45) is 0 Å². The molecule has 0 N–H and O–H groups in total. The van der Waals surface area contributed by atoms with Crippen molar-refractivity contribution < 1.29 is 9.53 Å². The van der Waals surface area contributed by atoms with Crippen molar-refractivity contribution in [2.45, 2.75) is 24.7 Å². The number of fused-ring (bicyclic) bond motifs is 1. The molecule has 1 amide bonds. The van der Waals surface area contributed by atoms with E-state index >= 15 is 0 Å². The fourth-order valence-corrected chi connectivity index (χ4v) is 5.12. The first kappa shape index (κ1) is 19.9. The van der Waals surface area contributed by atoms with Crippen LogP contribution in [0.5, 0.6) is 0 Å². The number of amides is 1. The number of benzene rings is 2. The van der Waals surface area contributed by atoms with Crippen molar-refractivity contribution in [3.8, 4) is 6.07 Å². The molecule has 0 spiro atoms. The first-order valence-electron chi connectivity index (χ1n) is 9.57. The van der Waals surface area contributed by atoms with Crippen molar-refractivity contribution in [1.29, 1.82) is 5.26 Å². The lowest BCUT2D eigenvalue weighted by Gasteiger charge is -2.23. The number of hydrogen-bond donors (Lipinski definition) is 0. The quantitative estimate of drug-likeness (QED) is 0.555. The predicted octanol–water partition coefficient (Wildman–Crippen LogP) is 4.61. The van der Waals surface area contributed by atoms with Crippen molar-refractivity contribution >= 4 is 44.4 Å². The molecule has 1 aromatic heterocycles. The van der Waals surface area contributed by atoms with Gasteiger partial charge in [-0.2, -0.15) is 5.26 Å². The third-order valence-corrected chi connectivity index (χ3v) is 6.85. The van der Waals surface area contributed by atoms with Gasteiger partial charge in [-0.15, -0.1) is 11.8 Å². The number of carbonyl (C=O) groups is 1. The van der Waals surface area contributed by atoms with E-state index in [4.69, 9.17) is 10.00 Å². The Balaban J connectivity index is 1.44. The van der Waals surface area contributed by atoms with E-state index in [0.29, 0.717) is 17.9 Å². The second-order valence-corrected chi connectivity index (χ2v) is 8.90. The topological polar surface area (TPSA) is 66.2 Å². The molecule has 1 saturated heterocycles. The molecule has 3 aromatic rings. The van der Waals surface area contributed by atoms with Crippen LogP contribution in [0.2, 0.25) is 0 Å². The highest BCUT2D eigenvalue weighted by molar-refractivity contribution is 7.99. The van der Waals surface area contributed by atoms with Crippen LogP contribution in [0.1, 0.15) is 24.0 Å². The molecule has 1 aliphatic heterocycles. The van der Waals surface area contributed by atoms with E-state index in [-0.39, 0.29) is 12.0 Å². The van der Waals surface area contributed by atoms with Crippen LogP contribution in [0.25, 0.3) is 10.2 Å². The second kappa shape index (κ2) is 9.40. The molecule has 0 unspecified atom stereocenters. The fourth-order valence-electron chi connectivity index (χ4n) is 3.26. The number of aromatic nitrogens is 1. The SMILES string of the molecule is N#Cc1ccc(CSCC(=O)N(C[C@H]2CCCO2)c2nc3ccccc3s2)cc1. The number of thioether (sulfide) groups is 1. The molecule has 5 nitrogen and oxygen atoms in total. The highest BCUT2D eigenvalue weighted by atomic mass is 32.2. The largest absolute Gasteiger partial charge is 0.376 e. The van der Waals surface area contributed by atoms with E-state index in [1.807, 2.05) is 48.5 Å².